The van der Waals surface area contributed by atoms with Gasteiger partial charge in [0.25, 0.3) is 0 Å². The second kappa shape index (κ2) is 23.9. The quantitative estimate of drug-likeness (QED) is 0.357. The second-order valence-corrected chi connectivity index (χ2v) is 0. The van der Waals surface area contributed by atoms with Crippen LogP contribution in [-0.4, -0.2) is 51.2 Å². The first-order chi connectivity index (χ1) is 0. The predicted octanol–water partition coefficient (Wildman–Crippen LogP) is -1.14. The normalized spacial score (nSPS) is 0. The van der Waals surface area contributed by atoms with Crippen molar-refractivity contribution in [3.63, 3.8) is 0 Å². The maximum absolute atomic E-state index is 0. The minimum absolute atomic E-state index is 0. The van der Waals surface area contributed by atoms with Crippen molar-refractivity contribution >= 4 is 51.2 Å². The summed E-state index contributed by atoms with van der Waals surface area (Å²) in [7, 11) is 0. The fourth-order valence-corrected chi connectivity index (χ4v) is 0. The summed E-state index contributed by atoms with van der Waals surface area (Å²) >= 11 is 0. The molecule has 0 aromatic carbocycles. The molecule has 0 saturated heterocycles. The molecule has 0 amide bonds. The van der Waals surface area contributed by atoms with Crippen molar-refractivity contribution in [1.82, 2.24) is 0 Å². The van der Waals surface area contributed by atoms with E-state index in [9.17, 15) is 0 Å². The van der Waals surface area contributed by atoms with Crippen molar-refractivity contribution in [1.29, 1.82) is 0 Å². The van der Waals surface area contributed by atoms with E-state index >= 15 is 0 Å². The molecule has 0 fully saturated rings. The molecule has 0 rings (SSSR count). The zero-order valence-corrected chi connectivity index (χ0v) is 13.6. The smallest absolute Gasteiger partial charge is 2.00 e. The monoisotopic (exact) mass is 520 g/mol. The van der Waals surface area contributed by atoms with Gasteiger partial charge in [0.15, 0.2) is 0 Å². The maximum Gasteiger partial charge on any atom is 3.00 e. The molecule has 0 N–H and O–H groups in total. The molecule has 0 unspecified atom stereocenters. The summed E-state index contributed by atoms with van der Waals surface area (Å²) in [6.07, 6.45) is 0. The zero-order valence-electron chi connectivity index (χ0n) is 2.22. The van der Waals surface area contributed by atoms with Crippen LogP contribution in [0, 0.1) is 83.5 Å². The van der Waals surface area contributed by atoms with Crippen molar-refractivity contribution < 1.29 is 83.5 Å². The van der Waals surface area contributed by atoms with Crippen molar-refractivity contribution in [3.05, 3.63) is 0 Å². The third-order valence-corrected chi connectivity index (χ3v) is 0. The van der Waals surface area contributed by atoms with Crippen molar-refractivity contribution in [2.45, 2.75) is 0 Å². The van der Waals surface area contributed by atoms with Gasteiger partial charge in [0.1, 0.15) is 0 Å². The first kappa shape index (κ1) is 34.6. The second-order valence-electron chi connectivity index (χ2n) is 0. The Bertz CT molecular complexity index is 4.85. The number of rotatable bonds is 0. The molecule has 5 heteroatoms. The molecule has 26 valence electrons. The third kappa shape index (κ3) is 17.8. The van der Waals surface area contributed by atoms with Crippen LogP contribution in [0.4, 0.5) is 0 Å². The Labute approximate surface area is 131 Å². The van der Waals surface area contributed by atoms with Gasteiger partial charge in [-0.2, -0.15) is 0 Å². The van der Waals surface area contributed by atoms with Gasteiger partial charge in [0.2, 0.25) is 0 Å². The molecule has 5 heavy (non-hydrogen) atoms. The first-order valence-corrected chi connectivity index (χ1v) is 0. The molecule has 0 aliphatic heterocycles. The van der Waals surface area contributed by atoms with Crippen LogP contribution in [0.25, 0.3) is 0 Å². The van der Waals surface area contributed by atoms with E-state index in [1.807, 2.05) is 0 Å². The van der Waals surface area contributed by atoms with Crippen LogP contribution >= 0.6 is 0 Å². The molecule has 0 bridgehead atoms. The van der Waals surface area contributed by atoms with Crippen LogP contribution in [0.2, 0.25) is 0 Å². The minimum atomic E-state index is 0. The van der Waals surface area contributed by atoms with Gasteiger partial charge in [-0.25, -0.2) is 0 Å². The number of hydrogen-bond acceptors (Lipinski definition) is 0. The molecular formula is Ce2Se3. The Balaban J connectivity index is 0. The molecule has 0 nitrogen and oxygen atoms in total. The maximum atomic E-state index is 0. The molecule has 0 aliphatic carbocycles. The Hall–Kier alpha value is 4.31. The van der Waals surface area contributed by atoms with E-state index in [1.54, 1.807) is 0 Å². The predicted molar refractivity (Wildman–Crippen MR) is 17.3 cm³/mol. The Morgan fingerprint density at radius 3 is 0.400 bits per heavy atom. The molecule has 2 radical (unpaired) electrons. The standard InChI is InChI=1S/2Ce.3Se/q2*+3;3*-2. The average Bonchev–Trinajstić information content (AvgIpc) is 0. The van der Waals surface area contributed by atoms with Crippen LogP contribution in [0.5, 0.6) is 0 Å². The van der Waals surface area contributed by atoms with E-state index < -0.39 is 0 Å². The minimum Gasteiger partial charge on any atom is -2.00 e. The van der Waals surface area contributed by atoms with Crippen LogP contribution in [0.3, 0.4) is 0 Å². The summed E-state index contributed by atoms with van der Waals surface area (Å²) in [6, 6.07) is 0. The third-order valence-electron chi connectivity index (χ3n) is 0. The van der Waals surface area contributed by atoms with E-state index in [0.29, 0.717) is 0 Å². The van der Waals surface area contributed by atoms with Crippen LogP contribution < -0.4 is 0 Å². The molecule has 0 heterocycles. The molecule has 0 atom stereocenters. The van der Waals surface area contributed by atoms with E-state index in [-0.39, 0.29) is 135 Å². The Morgan fingerprint density at radius 1 is 0.400 bits per heavy atom. The van der Waals surface area contributed by atoms with E-state index in [2.05, 4.69) is 0 Å². The van der Waals surface area contributed by atoms with Gasteiger partial charge in [0.05, 0.1) is 0 Å². The van der Waals surface area contributed by atoms with E-state index in [0.717, 1.165) is 0 Å². The van der Waals surface area contributed by atoms with Gasteiger partial charge in [-0.05, 0) is 0 Å². The Kier molecular flexibility index (Phi) is 165. The average molecular weight is 517 g/mol. The summed E-state index contributed by atoms with van der Waals surface area (Å²) < 4.78 is 0. The van der Waals surface area contributed by atoms with Gasteiger partial charge in [-0.15, -0.1) is 0 Å². The summed E-state index contributed by atoms with van der Waals surface area (Å²) in [5.74, 6) is 0. The summed E-state index contributed by atoms with van der Waals surface area (Å²) in [6.45, 7) is 0. The fraction of sp³-hybridized carbons (Fsp3) is 0. The Morgan fingerprint density at radius 2 is 0.400 bits per heavy atom. The summed E-state index contributed by atoms with van der Waals surface area (Å²) in [4.78, 5) is 0. The van der Waals surface area contributed by atoms with Crippen LogP contribution in [0.15, 0.2) is 0 Å². The van der Waals surface area contributed by atoms with Crippen LogP contribution in [-0.2, 0) is 0 Å². The molecule has 0 aromatic rings. The summed E-state index contributed by atoms with van der Waals surface area (Å²) in [5, 5.41) is 0. The van der Waals surface area contributed by atoms with Crippen molar-refractivity contribution in [2.24, 2.45) is 0 Å². The van der Waals surface area contributed by atoms with Crippen LogP contribution in [0.1, 0.15) is 0 Å². The largest absolute Gasteiger partial charge is 3.00 e. The molecule has 0 spiro atoms. The van der Waals surface area contributed by atoms with Crippen molar-refractivity contribution in [3.8, 4) is 0 Å². The molecule has 0 aliphatic rings. The first-order valence-electron chi connectivity index (χ1n) is 0. The number of hydrogen-bond donors (Lipinski definition) is 0. The zero-order chi connectivity index (χ0) is 0. The molecule has 0 aromatic heterocycles. The molecule has 0 saturated carbocycles. The van der Waals surface area contributed by atoms with E-state index in [1.165, 1.54) is 0 Å². The summed E-state index contributed by atoms with van der Waals surface area (Å²) in [5.41, 5.74) is 0. The van der Waals surface area contributed by atoms with Gasteiger partial charge in [-0.1, -0.05) is 0 Å². The van der Waals surface area contributed by atoms with Gasteiger partial charge < -0.3 is 51.2 Å². The topological polar surface area (TPSA) is 0 Å². The molecular weight excluding hydrogens is 517 g/mol. The fourth-order valence-electron chi connectivity index (χ4n) is 0. The van der Waals surface area contributed by atoms with Gasteiger partial charge in [0, 0.05) is 0 Å². The van der Waals surface area contributed by atoms with Gasteiger partial charge in [-0.3, -0.25) is 0 Å². The van der Waals surface area contributed by atoms with Gasteiger partial charge >= 0.3 is 83.5 Å². The van der Waals surface area contributed by atoms with E-state index in [4.69, 9.17) is 0 Å². The van der Waals surface area contributed by atoms with Crippen molar-refractivity contribution in [2.75, 3.05) is 0 Å². The SMILES string of the molecule is [Ce+3].[Ce+3].[Se-2].[Se-2].[Se-2].